The molecule has 0 bridgehead atoms. The van der Waals surface area contributed by atoms with Gasteiger partial charge in [0.1, 0.15) is 0 Å². The fraction of sp³-hybridized carbons (Fsp3) is 0.833. The average molecular weight is 211 g/mol. The molecule has 0 aromatic carbocycles. The van der Waals surface area contributed by atoms with Crippen LogP contribution in [0.3, 0.4) is 0 Å². The van der Waals surface area contributed by atoms with Crippen LogP contribution in [0.15, 0.2) is 12.3 Å². The van der Waals surface area contributed by atoms with Gasteiger partial charge in [0.05, 0.1) is 8.07 Å². The van der Waals surface area contributed by atoms with Crippen molar-refractivity contribution in [2.75, 3.05) is 19.3 Å². The molecule has 14 heavy (non-hydrogen) atoms. The third-order valence-electron chi connectivity index (χ3n) is 3.13. The van der Waals surface area contributed by atoms with Gasteiger partial charge >= 0.3 is 0 Å². The van der Waals surface area contributed by atoms with Gasteiger partial charge in [-0.15, -0.1) is 12.3 Å². The summed E-state index contributed by atoms with van der Waals surface area (Å²) in [4.78, 5) is 2.67. The molecule has 0 aromatic heterocycles. The first-order valence-corrected chi connectivity index (χ1v) is 9.28. The number of likely N-dealkylation sites (tertiary alicyclic amines) is 1. The van der Waals surface area contributed by atoms with Crippen LogP contribution in [-0.2, 0) is 0 Å². The van der Waals surface area contributed by atoms with Gasteiger partial charge < -0.3 is 4.90 Å². The van der Waals surface area contributed by atoms with Crippen molar-refractivity contribution < 1.29 is 0 Å². The number of hydrogen-bond acceptors (Lipinski definition) is 1. The normalized spacial score (nSPS) is 21.3. The molecule has 0 aromatic rings. The van der Waals surface area contributed by atoms with E-state index in [0.717, 1.165) is 0 Å². The minimum atomic E-state index is -1.11. The quantitative estimate of drug-likeness (QED) is 0.648. The molecule has 1 nitrogen and oxygen atoms in total. The van der Waals surface area contributed by atoms with Gasteiger partial charge in [-0.25, -0.2) is 0 Å². The molecular formula is C12H25NSi. The molecule has 1 heterocycles. The molecule has 1 saturated heterocycles. The van der Waals surface area contributed by atoms with Gasteiger partial charge in [0.2, 0.25) is 0 Å². The zero-order valence-corrected chi connectivity index (χ0v) is 10.9. The summed E-state index contributed by atoms with van der Waals surface area (Å²) in [6.45, 7) is 11.5. The lowest BCUT2D eigenvalue weighted by Crippen LogP contribution is -2.42. The minimum Gasteiger partial charge on any atom is -0.306 e. The Morgan fingerprint density at radius 2 is 1.57 bits per heavy atom. The van der Waals surface area contributed by atoms with E-state index in [-0.39, 0.29) is 0 Å². The van der Waals surface area contributed by atoms with Gasteiger partial charge in [-0.3, -0.25) is 0 Å². The minimum absolute atomic E-state index is 1.11. The summed E-state index contributed by atoms with van der Waals surface area (Å²) in [5.74, 6) is 0. The lowest BCUT2D eigenvalue weighted by Gasteiger charge is -2.30. The topological polar surface area (TPSA) is 3.24 Å². The van der Waals surface area contributed by atoms with E-state index >= 15 is 0 Å². The number of hydrogen-bond donors (Lipinski definition) is 0. The first-order valence-electron chi connectivity index (χ1n) is 6.00. The van der Waals surface area contributed by atoms with Gasteiger partial charge in [0, 0.05) is 0 Å². The Morgan fingerprint density at radius 1 is 1.07 bits per heavy atom. The Bertz CT molecular complexity index is 169. The van der Waals surface area contributed by atoms with Crippen LogP contribution in [0.1, 0.15) is 32.1 Å². The molecule has 2 heteroatoms. The summed E-state index contributed by atoms with van der Waals surface area (Å²) in [7, 11) is -1.11. The Morgan fingerprint density at radius 3 is 2.07 bits per heavy atom. The molecule has 1 aliphatic rings. The molecule has 82 valence electrons. The van der Waals surface area contributed by atoms with E-state index in [1.165, 1.54) is 51.4 Å². The SMILES string of the molecule is C=C[Si](C)(C)CN1CCCCCCC1. The summed E-state index contributed by atoms with van der Waals surface area (Å²) in [6, 6.07) is 0. The maximum absolute atomic E-state index is 3.97. The predicted molar refractivity (Wildman–Crippen MR) is 67.2 cm³/mol. The molecular weight excluding hydrogens is 186 g/mol. The molecule has 0 unspecified atom stereocenters. The van der Waals surface area contributed by atoms with E-state index in [0.29, 0.717) is 0 Å². The lowest BCUT2D eigenvalue weighted by molar-refractivity contribution is 0.280. The van der Waals surface area contributed by atoms with Crippen molar-refractivity contribution in [3.05, 3.63) is 12.3 Å². The van der Waals surface area contributed by atoms with Gasteiger partial charge in [-0.2, -0.15) is 0 Å². The lowest BCUT2D eigenvalue weighted by atomic mass is 10.1. The van der Waals surface area contributed by atoms with E-state index in [1.54, 1.807) is 0 Å². The third kappa shape index (κ3) is 4.42. The second kappa shape index (κ2) is 5.71. The predicted octanol–water partition coefficient (Wildman–Crippen LogP) is 3.23. The first-order chi connectivity index (χ1) is 6.64. The van der Waals surface area contributed by atoms with Crippen molar-refractivity contribution in [2.45, 2.75) is 45.2 Å². The Kier molecular flexibility index (Phi) is 4.89. The number of rotatable bonds is 3. The Hall–Kier alpha value is -0.0831. The summed E-state index contributed by atoms with van der Waals surface area (Å²) in [5, 5.41) is 0. The van der Waals surface area contributed by atoms with Crippen molar-refractivity contribution in [3.8, 4) is 0 Å². The zero-order chi connectivity index (χ0) is 10.4. The fourth-order valence-corrected chi connectivity index (χ4v) is 3.71. The van der Waals surface area contributed by atoms with Crippen molar-refractivity contribution >= 4 is 8.07 Å². The zero-order valence-electron chi connectivity index (χ0n) is 9.89. The van der Waals surface area contributed by atoms with E-state index in [1.807, 2.05) is 0 Å². The van der Waals surface area contributed by atoms with E-state index < -0.39 is 8.07 Å². The van der Waals surface area contributed by atoms with Gasteiger partial charge in [-0.05, 0) is 32.1 Å². The largest absolute Gasteiger partial charge is 0.306 e. The molecule has 1 fully saturated rings. The Labute approximate surface area is 90.2 Å². The number of nitrogens with zero attached hydrogens (tertiary/aromatic N) is 1. The van der Waals surface area contributed by atoms with E-state index in [9.17, 15) is 0 Å². The molecule has 1 aliphatic heterocycles. The molecule has 0 aliphatic carbocycles. The van der Waals surface area contributed by atoms with Crippen LogP contribution in [0.2, 0.25) is 13.1 Å². The molecule has 0 amide bonds. The summed E-state index contributed by atoms with van der Waals surface area (Å²) in [6.07, 6.45) is 8.45. The van der Waals surface area contributed by atoms with Crippen LogP contribution in [0, 0.1) is 0 Å². The average Bonchev–Trinajstić information content (AvgIpc) is 2.10. The highest BCUT2D eigenvalue weighted by molar-refractivity contribution is 6.82. The first kappa shape index (κ1) is 12.0. The van der Waals surface area contributed by atoms with Gasteiger partial charge in [0.15, 0.2) is 0 Å². The molecule has 1 rings (SSSR count). The standard InChI is InChI=1S/C12H25NSi/c1-4-14(2,3)12-13-10-8-6-5-7-9-11-13/h4H,1,5-12H2,2-3H3. The highest BCUT2D eigenvalue weighted by atomic mass is 28.3. The maximum atomic E-state index is 3.97. The summed E-state index contributed by atoms with van der Waals surface area (Å²) in [5.41, 5.74) is 2.23. The maximum Gasteiger partial charge on any atom is 0.0854 e. The monoisotopic (exact) mass is 211 g/mol. The van der Waals surface area contributed by atoms with Crippen molar-refractivity contribution in [3.63, 3.8) is 0 Å². The smallest absolute Gasteiger partial charge is 0.0854 e. The van der Waals surface area contributed by atoms with Gasteiger partial charge in [0.25, 0.3) is 0 Å². The fourth-order valence-electron chi connectivity index (χ4n) is 2.11. The molecule has 0 N–H and O–H groups in total. The van der Waals surface area contributed by atoms with Crippen molar-refractivity contribution in [2.24, 2.45) is 0 Å². The van der Waals surface area contributed by atoms with Crippen LogP contribution in [0.5, 0.6) is 0 Å². The molecule has 0 atom stereocenters. The van der Waals surface area contributed by atoms with Crippen LogP contribution in [0.25, 0.3) is 0 Å². The second-order valence-electron chi connectivity index (χ2n) is 5.24. The van der Waals surface area contributed by atoms with Crippen LogP contribution in [0.4, 0.5) is 0 Å². The highest BCUT2D eigenvalue weighted by Gasteiger charge is 2.20. The van der Waals surface area contributed by atoms with Crippen molar-refractivity contribution in [1.29, 1.82) is 0 Å². The molecule has 0 saturated carbocycles. The Balaban J connectivity index is 2.37. The van der Waals surface area contributed by atoms with Crippen LogP contribution >= 0.6 is 0 Å². The van der Waals surface area contributed by atoms with Crippen molar-refractivity contribution in [1.82, 2.24) is 4.90 Å². The van der Waals surface area contributed by atoms with Gasteiger partial charge in [-0.1, -0.05) is 32.4 Å². The summed E-state index contributed by atoms with van der Waals surface area (Å²) >= 11 is 0. The third-order valence-corrected chi connectivity index (χ3v) is 5.50. The summed E-state index contributed by atoms with van der Waals surface area (Å²) < 4.78 is 0. The molecule has 0 spiro atoms. The van der Waals surface area contributed by atoms with E-state index in [4.69, 9.17) is 0 Å². The highest BCUT2D eigenvalue weighted by Crippen LogP contribution is 2.13. The van der Waals surface area contributed by atoms with E-state index in [2.05, 4.69) is 30.3 Å². The van der Waals surface area contributed by atoms with Crippen LogP contribution in [-0.4, -0.2) is 32.2 Å². The van der Waals surface area contributed by atoms with Crippen LogP contribution < -0.4 is 0 Å². The second-order valence-corrected chi connectivity index (χ2v) is 9.94. The molecule has 0 radical (unpaired) electrons.